The molecular weight excluding hydrogens is 373 g/mol. The van der Waals surface area contributed by atoms with Gasteiger partial charge in [0.1, 0.15) is 0 Å². The van der Waals surface area contributed by atoms with Crippen LogP contribution in [0.25, 0.3) is 0 Å². The molecule has 0 aliphatic carbocycles. The second-order valence-corrected chi connectivity index (χ2v) is 7.93. The van der Waals surface area contributed by atoms with Crippen molar-refractivity contribution in [2.24, 2.45) is 0 Å². The van der Waals surface area contributed by atoms with E-state index in [1.807, 2.05) is 66.7 Å². The number of benzene rings is 3. The molecule has 0 aliphatic rings. The summed E-state index contributed by atoms with van der Waals surface area (Å²) in [5.41, 5.74) is 1.39. The van der Waals surface area contributed by atoms with E-state index in [0.29, 0.717) is 5.56 Å². The van der Waals surface area contributed by atoms with Gasteiger partial charge in [-0.05, 0) is 35.4 Å². The molecule has 0 heterocycles. The van der Waals surface area contributed by atoms with Crippen molar-refractivity contribution in [2.75, 3.05) is 0 Å². The van der Waals surface area contributed by atoms with Crippen molar-refractivity contribution in [2.45, 2.75) is 13.2 Å². The number of carbonyl (C=O) groups excluding carboxylic acids is 1. The lowest BCUT2D eigenvalue weighted by molar-refractivity contribution is 0.0983. The lowest BCUT2D eigenvalue weighted by Gasteiger charge is -2.18. The summed E-state index contributed by atoms with van der Waals surface area (Å²) in [6, 6.07) is 26.2. The van der Waals surface area contributed by atoms with Gasteiger partial charge in [0.2, 0.25) is 0 Å². The normalized spacial score (nSPS) is 11.0. The highest BCUT2D eigenvalue weighted by atomic mass is 31.2. The maximum absolute atomic E-state index is 13.4. The molecular formula is C22H18NO4P. The standard InChI is InChI=1S/C22H18NO4P/c23-15-18-11-13-21(14-12-18)22(24)28(25,26-16-19-7-3-1-4-8-19)27-17-20-9-5-2-6-10-20/h1-14H,16-17H2. The van der Waals surface area contributed by atoms with E-state index in [-0.39, 0.29) is 18.8 Å². The van der Waals surface area contributed by atoms with Gasteiger partial charge in [0, 0.05) is 5.56 Å². The molecule has 0 atom stereocenters. The Labute approximate surface area is 163 Å². The predicted octanol–water partition coefficient (Wildman–Crippen LogP) is 5.33. The SMILES string of the molecule is N#Cc1ccc(C(=O)P(=O)(OCc2ccccc2)OCc2ccccc2)cc1. The van der Waals surface area contributed by atoms with Crippen LogP contribution in [0.5, 0.6) is 0 Å². The zero-order valence-electron chi connectivity index (χ0n) is 15.0. The zero-order valence-corrected chi connectivity index (χ0v) is 15.9. The third kappa shape index (κ3) is 5.03. The van der Waals surface area contributed by atoms with Crippen LogP contribution in [0.1, 0.15) is 27.0 Å². The van der Waals surface area contributed by atoms with Crippen LogP contribution in [0.15, 0.2) is 84.9 Å². The summed E-state index contributed by atoms with van der Waals surface area (Å²) >= 11 is 0. The first-order chi connectivity index (χ1) is 13.6. The quantitative estimate of drug-likeness (QED) is 0.486. The van der Waals surface area contributed by atoms with Gasteiger partial charge in [-0.25, -0.2) is 0 Å². The maximum atomic E-state index is 13.4. The maximum Gasteiger partial charge on any atom is 0.402 e. The van der Waals surface area contributed by atoms with Gasteiger partial charge < -0.3 is 0 Å². The second-order valence-electron chi connectivity index (χ2n) is 6.01. The van der Waals surface area contributed by atoms with Crippen LogP contribution in [0.4, 0.5) is 0 Å². The van der Waals surface area contributed by atoms with Crippen molar-refractivity contribution < 1.29 is 18.4 Å². The first kappa shape index (κ1) is 19.7. The average molecular weight is 391 g/mol. The van der Waals surface area contributed by atoms with Crippen LogP contribution in [0.3, 0.4) is 0 Å². The smallest absolute Gasteiger partial charge is 0.298 e. The van der Waals surface area contributed by atoms with E-state index in [1.165, 1.54) is 24.3 Å². The first-order valence-corrected chi connectivity index (χ1v) is 10.2. The van der Waals surface area contributed by atoms with E-state index in [0.717, 1.165) is 11.1 Å². The molecule has 0 N–H and O–H groups in total. The average Bonchev–Trinajstić information content (AvgIpc) is 2.77. The molecule has 0 unspecified atom stereocenters. The largest absolute Gasteiger partial charge is 0.402 e. The molecule has 5 nitrogen and oxygen atoms in total. The van der Waals surface area contributed by atoms with Crippen molar-refractivity contribution >= 4 is 13.1 Å². The van der Waals surface area contributed by atoms with Gasteiger partial charge in [0.25, 0.3) is 5.52 Å². The highest BCUT2D eigenvalue weighted by Crippen LogP contribution is 2.52. The van der Waals surface area contributed by atoms with Crippen LogP contribution < -0.4 is 0 Å². The monoisotopic (exact) mass is 391 g/mol. The summed E-state index contributed by atoms with van der Waals surface area (Å²) in [4.78, 5) is 12.9. The molecule has 0 saturated heterocycles. The minimum absolute atomic E-state index is 0.0189. The van der Waals surface area contributed by atoms with Gasteiger partial charge in [0.15, 0.2) is 0 Å². The number of nitrogens with zero attached hydrogens (tertiary/aromatic N) is 1. The lowest BCUT2D eigenvalue weighted by atomic mass is 10.2. The highest BCUT2D eigenvalue weighted by Gasteiger charge is 2.36. The fraction of sp³-hybridized carbons (Fsp3) is 0.0909. The molecule has 3 aromatic carbocycles. The molecule has 0 aliphatic heterocycles. The number of carbonyl (C=O) groups is 1. The zero-order chi connectivity index (χ0) is 19.8. The van der Waals surface area contributed by atoms with Gasteiger partial charge in [-0.3, -0.25) is 18.4 Å². The minimum atomic E-state index is -4.11. The lowest BCUT2D eigenvalue weighted by Crippen LogP contribution is -2.08. The second kappa shape index (κ2) is 9.25. The fourth-order valence-corrected chi connectivity index (χ4v) is 3.88. The van der Waals surface area contributed by atoms with Crippen molar-refractivity contribution in [1.82, 2.24) is 0 Å². The van der Waals surface area contributed by atoms with Crippen LogP contribution in [-0.2, 0) is 26.8 Å². The first-order valence-electron chi connectivity index (χ1n) is 8.63. The Kier molecular flexibility index (Phi) is 6.52. The molecule has 0 radical (unpaired) electrons. The Morgan fingerprint density at radius 3 is 1.68 bits per heavy atom. The number of hydrogen-bond donors (Lipinski definition) is 0. The molecule has 0 aromatic heterocycles. The number of rotatable bonds is 8. The Morgan fingerprint density at radius 1 is 0.786 bits per heavy atom. The summed E-state index contributed by atoms with van der Waals surface area (Å²) in [7, 11) is -4.11. The minimum Gasteiger partial charge on any atom is -0.298 e. The Balaban J connectivity index is 1.82. The molecule has 140 valence electrons. The van der Waals surface area contributed by atoms with Gasteiger partial charge in [0.05, 0.1) is 24.8 Å². The third-order valence-corrected chi connectivity index (χ3v) is 5.69. The Bertz CT molecular complexity index is 964. The van der Waals surface area contributed by atoms with Crippen molar-refractivity contribution in [3.05, 3.63) is 107 Å². The molecule has 0 fully saturated rings. The van der Waals surface area contributed by atoms with E-state index in [2.05, 4.69) is 0 Å². The van der Waals surface area contributed by atoms with Crippen LogP contribution >= 0.6 is 7.60 Å². The summed E-state index contributed by atoms with van der Waals surface area (Å²) in [6.07, 6.45) is 0. The molecule has 0 amide bonds. The molecule has 3 rings (SSSR count). The van der Waals surface area contributed by atoms with Crippen molar-refractivity contribution in [1.29, 1.82) is 5.26 Å². The van der Waals surface area contributed by atoms with E-state index in [1.54, 1.807) is 0 Å². The summed E-state index contributed by atoms with van der Waals surface area (Å²) < 4.78 is 24.4. The summed E-state index contributed by atoms with van der Waals surface area (Å²) in [5.74, 6) is 0. The van der Waals surface area contributed by atoms with E-state index in [4.69, 9.17) is 14.3 Å². The summed E-state index contributed by atoms with van der Waals surface area (Å²) in [5, 5.41) is 8.91. The van der Waals surface area contributed by atoms with E-state index in [9.17, 15) is 9.36 Å². The topological polar surface area (TPSA) is 76.4 Å². The fourth-order valence-electron chi connectivity index (χ4n) is 2.47. The van der Waals surface area contributed by atoms with Crippen LogP contribution in [0.2, 0.25) is 0 Å². The molecule has 6 heteroatoms. The highest BCUT2D eigenvalue weighted by molar-refractivity contribution is 7.72. The van der Waals surface area contributed by atoms with Gasteiger partial charge in [-0.2, -0.15) is 5.26 Å². The third-order valence-electron chi connectivity index (χ3n) is 4.00. The van der Waals surface area contributed by atoms with Gasteiger partial charge in [-0.15, -0.1) is 0 Å². The Morgan fingerprint density at radius 2 is 1.25 bits per heavy atom. The Hall–Kier alpha value is -3.03. The molecule has 0 bridgehead atoms. The van der Waals surface area contributed by atoms with Gasteiger partial charge >= 0.3 is 7.60 Å². The van der Waals surface area contributed by atoms with Crippen molar-refractivity contribution in [3.63, 3.8) is 0 Å². The molecule has 0 saturated carbocycles. The predicted molar refractivity (Wildman–Crippen MR) is 106 cm³/mol. The number of nitriles is 1. The molecule has 0 spiro atoms. The number of hydrogen-bond acceptors (Lipinski definition) is 5. The molecule has 3 aromatic rings. The van der Waals surface area contributed by atoms with E-state index >= 15 is 0 Å². The van der Waals surface area contributed by atoms with Gasteiger partial charge in [-0.1, -0.05) is 60.7 Å². The van der Waals surface area contributed by atoms with E-state index < -0.39 is 13.1 Å². The van der Waals surface area contributed by atoms with Crippen LogP contribution in [-0.4, -0.2) is 5.52 Å². The van der Waals surface area contributed by atoms with Crippen molar-refractivity contribution in [3.8, 4) is 6.07 Å². The molecule has 28 heavy (non-hydrogen) atoms. The van der Waals surface area contributed by atoms with Crippen LogP contribution in [0, 0.1) is 11.3 Å². The summed E-state index contributed by atoms with van der Waals surface area (Å²) in [6.45, 7) is -0.0378.